The molecule has 0 aliphatic heterocycles. The fourth-order valence-electron chi connectivity index (χ4n) is 2.33. The second-order valence-corrected chi connectivity index (χ2v) is 5.33. The minimum absolute atomic E-state index is 0.537. The Kier molecular flexibility index (Phi) is 7.00. The van der Waals surface area contributed by atoms with Crippen LogP contribution in [0.2, 0.25) is 0 Å². The lowest BCUT2D eigenvalue weighted by molar-refractivity contribution is 0.585. The van der Waals surface area contributed by atoms with Crippen LogP contribution in [0.3, 0.4) is 0 Å². The molecule has 0 radical (unpaired) electrons. The van der Waals surface area contributed by atoms with Gasteiger partial charge in [-0.3, -0.25) is 0 Å². The Labute approximate surface area is 118 Å². The van der Waals surface area contributed by atoms with Gasteiger partial charge in [-0.1, -0.05) is 34.6 Å². The van der Waals surface area contributed by atoms with Gasteiger partial charge in [0.25, 0.3) is 0 Å². The Morgan fingerprint density at radius 1 is 0.947 bits per heavy atom. The highest BCUT2D eigenvalue weighted by Gasteiger charge is 2.11. The van der Waals surface area contributed by atoms with Crippen LogP contribution in [0.25, 0.3) is 0 Å². The Morgan fingerprint density at radius 2 is 1.53 bits per heavy atom. The summed E-state index contributed by atoms with van der Waals surface area (Å²) in [5.74, 6) is 1.02. The molecule has 1 aromatic rings. The van der Waals surface area contributed by atoms with Crippen molar-refractivity contribution in [2.24, 2.45) is 0 Å². The van der Waals surface area contributed by atoms with Crippen molar-refractivity contribution in [3.8, 4) is 0 Å². The van der Waals surface area contributed by atoms with Crippen LogP contribution in [0.5, 0.6) is 0 Å². The van der Waals surface area contributed by atoms with E-state index in [1.807, 2.05) is 0 Å². The summed E-state index contributed by atoms with van der Waals surface area (Å²) in [5, 5.41) is 3.48. The zero-order valence-corrected chi connectivity index (χ0v) is 13.2. The van der Waals surface area contributed by atoms with Crippen molar-refractivity contribution in [1.82, 2.24) is 15.3 Å². The molecule has 0 spiro atoms. The first kappa shape index (κ1) is 16.1. The van der Waals surface area contributed by atoms with E-state index in [0.29, 0.717) is 6.04 Å². The first-order chi connectivity index (χ1) is 9.12. The molecular weight excluding hydrogens is 234 g/mol. The van der Waals surface area contributed by atoms with E-state index in [1.165, 1.54) is 17.0 Å². The molecule has 0 aliphatic rings. The zero-order chi connectivity index (χ0) is 14.3. The Hall–Kier alpha value is -0.960. The number of aromatic nitrogens is 2. The quantitative estimate of drug-likeness (QED) is 0.783. The van der Waals surface area contributed by atoms with Gasteiger partial charge in [0.15, 0.2) is 0 Å². The van der Waals surface area contributed by atoms with Crippen LogP contribution in [-0.2, 0) is 25.7 Å². The highest BCUT2D eigenvalue weighted by Crippen LogP contribution is 2.15. The van der Waals surface area contributed by atoms with Crippen molar-refractivity contribution in [1.29, 1.82) is 0 Å². The largest absolute Gasteiger partial charge is 0.314 e. The third kappa shape index (κ3) is 4.90. The summed E-state index contributed by atoms with van der Waals surface area (Å²) in [7, 11) is 0. The molecule has 108 valence electrons. The molecule has 0 aromatic carbocycles. The van der Waals surface area contributed by atoms with E-state index in [9.17, 15) is 0 Å². The number of nitrogens with one attached hydrogen (secondary N) is 1. The summed E-state index contributed by atoms with van der Waals surface area (Å²) in [6, 6.07) is 0.537. The fraction of sp³-hybridized carbons (Fsp3) is 0.750. The summed E-state index contributed by atoms with van der Waals surface area (Å²) < 4.78 is 0. The van der Waals surface area contributed by atoms with Crippen molar-refractivity contribution in [3.63, 3.8) is 0 Å². The van der Waals surface area contributed by atoms with Crippen LogP contribution in [0.1, 0.15) is 63.8 Å². The van der Waals surface area contributed by atoms with Gasteiger partial charge >= 0.3 is 0 Å². The van der Waals surface area contributed by atoms with E-state index in [-0.39, 0.29) is 0 Å². The van der Waals surface area contributed by atoms with Gasteiger partial charge in [0.2, 0.25) is 0 Å². The SMILES string of the molecule is CCCc1nc(CC)c(CCNC(C)C)c(CC)n1. The smallest absolute Gasteiger partial charge is 0.128 e. The minimum atomic E-state index is 0.537. The van der Waals surface area contributed by atoms with Gasteiger partial charge in [-0.05, 0) is 37.8 Å². The molecular formula is C16H29N3. The topological polar surface area (TPSA) is 37.8 Å². The predicted molar refractivity (Wildman–Crippen MR) is 81.6 cm³/mol. The molecule has 19 heavy (non-hydrogen) atoms. The standard InChI is InChI=1S/C16H29N3/c1-6-9-16-18-14(7-2)13(15(8-3)19-16)10-11-17-12(4)5/h12,17H,6-11H2,1-5H3. The van der Waals surface area contributed by atoms with E-state index in [2.05, 4.69) is 39.9 Å². The molecule has 0 bridgehead atoms. The Bertz CT molecular complexity index is 361. The lowest BCUT2D eigenvalue weighted by Crippen LogP contribution is -2.26. The molecule has 1 aromatic heterocycles. The summed E-state index contributed by atoms with van der Waals surface area (Å²) in [6.45, 7) is 11.9. The normalized spacial score (nSPS) is 11.3. The van der Waals surface area contributed by atoms with Crippen molar-refractivity contribution >= 4 is 0 Å². The second-order valence-electron chi connectivity index (χ2n) is 5.33. The van der Waals surface area contributed by atoms with Gasteiger partial charge in [-0.25, -0.2) is 9.97 Å². The van der Waals surface area contributed by atoms with Crippen LogP contribution in [0.15, 0.2) is 0 Å². The molecule has 3 heteroatoms. The van der Waals surface area contributed by atoms with Crippen molar-refractivity contribution in [2.45, 2.75) is 72.8 Å². The summed E-state index contributed by atoms with van der Waals surface area (Å²) in [4.78, 5) is 9.50. The third-order valence-corrected chi connectivity index (χ3v) is 3.30. The average molecular weight is 263 g/mol. The molecule has 0 saturated heterocycles. The fourth-order valence-corrected chi connectivity index (χ4v) is 2.33. The van der Waals surface area contributed by atoms with Crippen molar-refractivity contribution in [2.75, 3.05) is 6.54 Å². The second kappa shape index (κ2) is 8.26. The summed E-state index contributed by atoms with van der Waals surface area (Å²) >= 11 is 0. The van der Waals surface area contributed by atoms with Gasteiger partial charge in [0.05, 0.1) is 0 Å². The molecule has 1 heterocycles. The van der Waals surface area contributed by atoms with E-state index >= 15 is 0 Å². The molecule has 0 unspecified atom stereocenters. The van der Waals surface area contributed by atoms with Crippen LogP contribution in [-0.4, -0.2) is 22.6 Å². The van der Waals surface area contributed by atoms with E-state index in [4.69, 9.17) is 9.97 Å². The Morgan fingerprint density at radius 3 is 1.95 bits per heavy atom. The van der Waals surface area contributed by atoms with E-state index in [1.54, 1.807) is 0 Å². The minimum Gasteiger partial charge on any atom is -0.314 e. The number of aryl methyl sites for hydroxylation is 3. The molecule has 1 N–H and O–H groups in total. The first-order valence-corrected chi connectivity index (χ1v) is 7.73. The molecule has 0 atom stereocenters. The number of rotatable bonds is 8. The molecule has 3 nitrogen and oxygen atoms in total. The van der Waals surface area contributed by atoms with Gasteiger partial charge < -0.3 is 5.32 Å². The monoisotopic (exact) mass is 263 g/mol. The molecule has 0 saturated carbocycles. The maximum atomic E-state index is 4.75. The van der Waals surface area contributed by atoms with E-state index in [0.717, 1.165) is 44.5 Å². The highest BCUT2D eigenvalue weighted by molar-refractivity contribution is 5.27. The van der Waals surface area contributed by atoms with Crippen molar-refractivity contribution in [3.05, 3.63) is 22.8 Å². The number of hydrogen-bond acceptors (Lipinski definition) is 3. The van der Waals surface area contributed by atoms with E-state index < -0.39 is 0 Å². The van der Waals surface area contributed by atoms with Crippen LogP contribution < -0.4 is 5.32 Å². The summed E-state index contributed by atoms with van der Waals surface area (Å²) in [6.07, 6.45) is 5.15. The van der Waals surface area contributed by atoms with Crippen molar-refractivity contribution < 1.29 is 0 Å². The van der Waals surface area contributed by atoms with Crippen LogP contribution in [0.4, 0.5) is 0 Å². The maximum Gasteiger partial charge on any atom is 0.128 e. The molecule has 0 aliphatic carbocycles. The number of hydrogen-bond donors (Lipinski definition) is 1. The summed E-state index contributed by atoms with van der Waals surface area (Å²) in [5.41, 5.74) is 3.87. The highest BCUT2D eigenvalue weighted by atomic mass is 14.9. The molecule has 0 amide bonds. The lowest BCUT2D eigenvalue weighted by atomic mass is 10.0. The lowest BCUT2D eigenvalue weighted by Gasteiger charge is -2.15. The van der Waals surface area contributed by atoms with Crippen LogP contribution >= 0.6 is 0 Å². The maximum absolute atomic E-state index is 4.75. The van der Waals surface area contributed by atoms with Gasteiger partial charge in [0.1, 0.15) is 5.82 Å². The van der Waals surface area contributed by atoms with Gasteiger partial charge in [-0.15, -0.1) is 0 Å². The Balaban J connectivity index is 2.92. The first-order valence-electron chi connectivity index (χ1n) is 7.73. The predicted octanol–water partition coefficient (Wildman–Crippen LogP) is 3.09. The number of nitrogens with zero attached hydrogens (tertiary/aromatic N) is 2. The van der Waals surface area contributed by atoms with Gasteiger partial charge in [0, 0.05) is 23.9 Å². The average Bonchev–Trinajstić information content (AvgIpc) is 2.39. The van der Waals surface area contributed by atoms with Crippen LogP contribution in [0, 0.1) is 0 Å². The zero-order valence-electron chi connectivity index (χ0n) is 13.2. The molecule has 0 fully saturated rings. The van der Waals surface area contributed by atoms with Gasteiger partial charge in [-0.2, -0.15) is 0 Å². The third-order valence-electron chi connectivity index (χ3n) is 3.30. The molecule has 1 rings (SSSR count).